The van der Waals surface area contributed by atoms with E-state index in [9.17, 15) is 25.0 Å². The van der Waals surface area contributed by atoms with Crippen molar-refractivity contribution in [1.29, 1.82) is 0 Å². The number of carbonyl (C=O) groups excluding carboxylic acids is 1. The molecular weight excluding hydrogens is 342 g/mol. The molecular formula is C14H10ClN3O6. The van der Waals surface area contributed by atoms with E-state index in [1.54, 1.807) is 0 Å². The Kier molecular flexibility index (Phi) is 4.95. The van der Waals surface area contributed by atoms with E-state index < -0.39 is 15.8 Å². The Labute approximate surface area is 140 Å². The molecule has 0 atom stereocenters. The first-order chi connectivity index (χ1) is 11.3. The van der Waals surface area contributed by atoms with Gasteiger partial charge in [0, 0.05) is 12.1 Å². The maximum atomic E-state index is 12.2. The average molecular weight is 352 g/mol. The van der Waals surface area contributed by atoms with Gasteiger partial charge in [0.25, 0.3) is 17.3 Å². The lowest BCUT2D eigenvalue weighted by molar-refractivity contribution is -0.384. The van der Waals surface area contributed by atoms with Crippen LogP contribution in [0.3, 0.4) is 0 Å². The van der Waals surface area contributed by atoms with Crippen LogP contribution in [0.15, 0.2) is 36.4 Å². The molecule has 0 aliphatic carbocycles. The average Bonchev–Trinajstić information content (AvgIpc) is 2.54. The smallest absolute Gasteiger partial charge is 0.296 e. The Bertz CT molecular complexity index is 839. The number of rotatable bonds is 5. The van der Waals surface area contributed by atoms with E-state index in [0.29, 0.717) is 0 Å². The quantitative estimate of drug-likeness (QED) is 0.650. The predicted molar refractivity (Wildman–Crippen MR) is 85.7 cm³/mol. The molecule has 124 valence electrons. The monoisotopic (exact) mass is 351 g/mol. The van der Waals surface area contributed by atoms with Gasteiger partial charge in [-0.1, -0.05) is 11.6 Å². The maximum Gasteiger partial charge on any atom is 0.296 e. The topological polar surface area (TPSA) is 125 Å². The number of benzene rings is 2. The fourth-order valence-electron chi connectivity index (χ4n) is 1.89. The van der Waals surface area contributed by atoms with E-state index in [1.807, 2.05) is 0 Å². The van der Waals surface area contributed by atoms with E-state index >= 15 is 0 Å². The van der Waals surface area contributed by atoms with Gasteiger partial charge in [-0.25, -0.2) is 0 Å². The van der Waals surface area contributed by atoms with Crippen LogP contribution in [0.2, 0.25) is 5.02 Å². The molecule has 0 saturated carbocycles. The number of nitro benzene ring substituents is 2. The van der Waals surface area contributed by atoms with Gasteiger partial charge in [-0.15, -0.1) is 0 Å². The zero-order valence-electron chi connectivity index (χ0n) is 12.2. The zero-order chi connectivity index (χ0) is 17.9. The van der Waals surface area contributed by atoms with E-state index in [-0.39, 0.29) is 33.4 Å². The second-order valence-corrected chi connectivity index (χ2v) is 4.92. The fraction of sp³-hybridized carbons (Fsp3) is 0.0714. The first-order valence-electron chi connectivity index (χ1n) is 6.41. The standard InChI is InChI=1S/C14H10ClN3O6/c1-24-9-3-5-12(13(7-9)18(22)23)16-14(19)10-4-2-8(17(20)21)6-11(10)15/h2-7H,1H3,(H,16,19). The number of nitrogens with zero attached hydrogens (tertiary/aromatic N) is 2. The molecule has 2 aromatic rings. The van der Waals surface area contributed by atoms with Gasteiger partial charge in [0.2, 0.25) is 0 Å². The molecule has 0 aliphatic heterocycles. The molecule has 0 radical (unpaired) electrons. The lowest BCUT2D eigenvalue weighted by Gasteiger charge is -2.08. The number of methoxy groups -OCH3 is 1. The number of nitrogens with one attached hydrogen (secondary N) is 1. The van der Waals surface area contributed by atoms with Gasteiger partial charge in [0.15, 0.2) is 0 Å². The molecule has 1 N–H and O–H groups in total. The highest BCUT2D eigenvalue weighted by atomic mass is 35.5. The highest BCUT2D eigenvalue weighted by Gasteiger charge is 2.20. The van der Waals surface area contributed by atoms with Gasteiger partial charge >= 0.3 is 0 Å². The molecule has 0 fully saturated rings. The predicted octanol–water partition coefficient (Wildman–Crippen LogP) is 3.42. The molecule has 0 heterocycles. The third kappa shape index (κ3) is 3.58. The van der Waals surface area contributed by atoms with Crippen LogP contribution in [0, 0.1) is 20.2 Å². The van der Waals surface area contributed by atoms with Gasteiger partial charge in [0.1, 0.15) is 11.4 Å². The van der Waals surface area contributed by atoms with Crippen LogP contribution in [0.25, 0.3) is 0 Å². The van der Waals surface area contributed by atoms with Crippen LogP contribution in [0.5, 0.6) is 5.75 Å². The van der Waals surface area contributed by atoms with Crippen molar-refractivity contribution in [1.82, 2.24) is 0 Å². The number of hydrogen-bond acceptors (Lipinski definition) is 6. The van der Waals surface area contributed by atoms with Gasteiger partial charge in [-0.2, -0.15) is 0 Å². The van der Waals surface area contributed by atoms with Crippen molar-refractivity contribution in [2.45, 2.75) is 0 Å². The summed E-state index contributed by atoms with van der Waals surface area (Å²) in [5, 5.41) is 24.0. The molecule has 10 heteroatoms. The Morgan fingerprint density at radius 3 is 2.38 bits per heavy atom. The summed E-state index contributed by atoms with van der Waals surface area (Å²) in [6, 6.07) is 7.23. The molecule has 2 rings (SSSR count). The van der Waals surface area contributed by atoms with Gasteiger partial charge in [0.05, 0.1) is 33.6 Å². The van der Waals surface area contributed by atoms with E-state index in [4.69, 9.17) is 16.3 Å². The summed E-state index contributed by atoms with van der Waals surface area (Å²) in [5.41, 5.74) is -0.736. The van der Waals surface area contributed by atoms with Crippen molar-refractivity contribution in [3.05, 3.63) is 67.2 Å². The third-order valence-corrected chi connectivity index (χ3v) is 3.37. The molecule has 0 spiro atoms. The minimum atomic E-state index is -0.733. The Hall–Kier alpha value is -3.20. The summed E-state index contributed by atoms with van der Waals surface area (Å²) >= 11 is 5.87. The summed E-state index contributed by atoms with van der Waals surface area (Å²) < 4.78 is 4.90. The lowest BCUT2D eigenvalue weighted by atomic mass is 10.1. The molecule has 0 unspecified atom stereocenters. The number of nitro groups is 2. The van der Waals surface area contributed by atoms with Crippen molar-refractivity contribution in [3.8, 4) is 5.75 Å². The largest absolute Gasteiger partial charge is 0.496 e. The summed E-state index contributed by atoms with van der Waals surface area (Å²) in [7, 11) is 1.36. The van der Waals surface area contributed by atoms with Gasteiger partial charge in [-0.3, -0.25) is 25.0 Å². The van der Waals surface area contributed by atoms with Crippen molar-refractivity contribution in [2.75, 3.05) is 12.4 Å². The van der Waals surface area contributed by atoms with E-state index in [0.717, 1.165) is 18.2 Å². The molecule has 0 aromatic heterocycles. The van der Waals surface area contributed by atoms with Crippen LogP contribution >= 0.6 is 11.6 Å². The number of halogens is 1. The summed E-state index contributed by atoms with van der Waals surface area (Å²) in [4.78, 5) is 32.7. The minimum Gasteiger partial charge on any atom is -0.496 e. The molecule has 0 aliphatic rings. The third-order valence-electron chi connectivity index (χ3n) is 3.06. The second-order valence-electron chi connectivity index (χ2n) is 4.52. The van der Waals surface area contributed by atoms with Crippen molar-refractivity contribution >= 4 is 34.6 Å². The number of ether oxygens (including phenoxy) is 1. The van der Waals surface area contributed by atoms with Crippen molar-refractivity contribution < 1.29 is 19.4 Å². The van der Waals surface area contributed by atoms with Crippen LogP contribution in [-0.2, 0) is 0 Å². The van der Waals surface area contributed by atoms with Crippen LogP contribution < -0.4 is 10.1 Å². The van der Waals surface area contributed by atoms with Crippen LogP contribution in [0.4, 0.5) is 17.1 Å². The van der Waals surface area contributed by atoms with E-state index in [1.165, 1.54) is 25.3 Å². The molecule has 0 saturated heterocycles. The molecule has 24 heavy (non-hydrogen) atoms. The second kappa shape index (κ2) is 6.92. The van der Waals surface area contributed by atoms with Crippen molar-refractivity contribution in [2.24, 2.45) is 0 Å². The fourth-order valence-corrected chi connectivity index (χ4v) is 2.15. The number of carbonyl (C=O) groups is 1. The number of non-ortho nitro benzene ring substituents is 1. The number of amides is 1. The normalized spacial score (nSPS) is 10.1. The number of hydrogen-bond donors (Lipinski definition) is 1. The number of anilines is 1. The van der Waals surface area contributed by atoms with Crippen LogP contribution in [-0.4, -0.2) is 22.9 Å². The highest BCUT2D eigenvalue weighted by Crippen LogP contribution is 2.30. The first kappa shape index (κ1) is 17.2. The lowest BCUT2D eigenvalue weighted by Crippen LogP contribution is -2.14. The highest BCUT2D eigenvalue weighted by molar-refractivity contribution is 6.34. The molecule has 9 nitrogen and oxygen atoms in total. The van der Waals surface area contributed by atoms with Gasteiger partial charge in [-0.05, 0) is 18.2 Å². The SMILES string of the molecule is COc1ccc(NC(=O)c2ccc([N+](=O)[O-])cc2Cl)c([N+](=O)[O-])c1. The molecule has 0 bridgehead atoms. The molecule has 2 aromatic carbocycles. The summed E-state index contributed by atoms with van der Waals surface area (Å²) in [6.45, 7) is 0. The van der Waals surface area contributed by atoms with Gasteiger partial charge < -0.3 is 10.1 Å². The van der Waals surface area contributed by atoms with E-state index in [2.05, 4.69) is 5.32 Å². The summed E-state index contributed by atoms with van der Waals surface area (Å²) in [5.74, 6) is -0.476. The zero-order valence-corrected chi connectivity index (χ0v) is 12.9. The Balaban J connectivity index is 2.33. The Morgan fingerprint density at radius 2 is 1.83 bits per heavy atom. The Morgan fingerprint density at radius 1 is 1.12 bits per heavy atom. The molecule has 1 amide bonds. The van der Waals surface area contributed by atoms with Crippen LogP contribution in [0.1, 0.15) is 10.4 Å². The summed E-state index contributed by atoms with van der Waals surface area (Å²) in [6.07, 6.45) is 0. The van der Waals surface area contributed by atoms with Crippen molar-refractivity contribution in [3.63, 3.8) is 0 Å². The maximum absolute atomic E-state index is 12.2. The first-order valence-corrected chi connectivity index (χ1v) is 6.79. The minimum absolute atomic E-state index is 0.0487.